The number of hydrogen-bond donors (Lipinski definition) is 0. The van der Waals surface area contributed by atoms with Gasteiger partial charge in [0.1, 0.15) is 35.6 Å². The van der Waals surface area contributed by atoms with Gasteiger partial charge < -0.3 is 38.5 Å². The third-order valence-corrected chi connectivity index (χ3v) is 16.3. The van der Waals surface area contributed by atoms with Gasteiger partial charge in [-0.1, -0.05) is 104 Å². The summed E-state index contributed by atoms with van der Waals surface area (Å²) in [6.45, 7) is 22.6. The van der Waals surface area contributed by atoms with Gasteiger partial charge in [-0.2, -0.15) is 36.5 Å². The number of nitrogens with zero attached hydrogens (tertiary/aromatic N) is 8. The van der Waals surface area contributed by atoms with E-state index in [0.29, 0.717) is 22.3 Å². The number of rotatable bonds is 16. The summed E-state index contributed by atoms with van der Waals surface area (Å²) in [5.41, 5.74) is -0.0707. The molecular formula is C66H90F6N8O12. The van der Waals surface area contributed by atoms with Crippen LogP contribution in [0, 0.1) is 37.5 Å². The zero-order valence-corrected chi connectivity index (χ0v) is 55.8. The fourth-order valence-corrected chi connectivity index (χ4v) is 11.1. The Hall–Kier alpha value is -7.80. The van der Waals surface area contributed by atoms with E-state index < -0.39 is 132 Å². The molecule has 10 atom stereocenters. The standard InChI is InChI=1S/C66H90F6N8O12/c1-35(2)27-49-61(85)89-43(13)57(81)75(15)52(30-38(7)8)64(88)92-54(34-46-21-25-48(26-22-46)42(12)80-56(66(70,71)72)32-40(10)74-80)60(84)78(18)50(28-36(3)4)62(86)90-44(14)58(82)76(16)51(29-37(5)6)63(87)91-53(59(83)77(49)17)33-45-19-23-47(24-20-45)41(11)79-55(65(67,68)69)31-39(9)73-79/h19-26,31-32,35-38,41-44,49-54H,27-30,33-34H2,1-18H3/t41?,42?,43-,44-,49+,50+,51+,52+,53-,54-/m1/s1. The Morgan fingerprint density at radius 3 is 0.913 bits per heavy atom. The molecule has 3 heterocycles. The number of esters is 4. The van der Waals surface area contributed by atoms with E-state index in [4.69, 9.17) is 18.9 Å². The third-order valence-electron chi connectivity index (χ3n) is 16.3. The molecule has 1 aliphatic rings. The zero-order chi connectivity index (χ0) is 69.3. The largest absolute Gasteiger partial charge is 0.451 e. The van der Waals surface area contributed by atoms with Gasteiger partial charge in [-0.05, 0) is 125 Å². The molecule has 0 N–H and O–H groups in total. The highest BCUT2D eigenvalue weighted by molar-refractivity contribution is 5.94. The molecule has 2 aromatic carbocycles. The lowest BCUT2D eigenvalue weighted by molar-refractivity contribution is -0.176. The van der Waals surface area contributed by atoms with Gasteiger partial charge in [0.25, 0.3) is 23.6 Å². The molecule has 4 aromatic rings. The smallest absolute Gasteiger partial charge is 0.433 e. The molecular weight excluding hydrogens is 1210 g/mol. The second-order valence-electron chi connectivity index (χ2n) is 25.9. The average Bonchev–Trinajstić information content (AvgIpc) is 1.65. The minimum Gasteiger partial charge on any atom is -0.451 e. The summed E-state index contributed by atoms with van der Waals surface area (Å²) >= 11 is 0. The predicted octanol–water partition coefficient (Wildman–Crippen LogP) is 9.93. The summed E-state index contributed by atoms with van der Waals surface area (Å²) in [6.07, 6.45) is -17.0. The van der Waals surface area contributed by atoms with Gasteiger partial charge in [-0.15, -0.1) is 0 Å². The number of hydrogen-bond acceptors (Lipinski definition) is 14. The van der Waals surface area contributed by atoms with E-state index in [1.807, 2.05) is 0 Å². The highest BCUT2D eigenvalue weighted by Crippen LogP contribution is 2.35. The van der Waals surface area contributed by atoms with E-state index in [2.05, 4.69) is 10.2 Å². The van der Waals surface area contributed by atoms with Crippen LogP contribution in [0.1, 0.15) is 166 Å². The summed E-state index contributed by atoms with van der Waals surface area (Å²) in [5, 5.41) is 8.18. The second-order valence-corrected chi connectivity index (χ2v) is 25.9. The van der Waals surface area contributed by atoms with Crippen molar-refractivity contribution in [2.45, 2.75) is 208 Å². The summed E-state index contributed by atoms with van der Waals surface area (Å²) in [5.74, 6) is -9.04. The van der Waals surface area contributed by atoms with E-state index in [9.17, 15) is 55.1 Å². The maximum atomic E-state index is 15.1. The fourth-order valence-electron chi connectivity index (χ4n) is 11.1. The van der Waals surface area contributed by atoms with Crippen molar-refractivity contribution in [3.63, 3.8) is 0 Å². The molecule has 508 valence electrons. The van der Waals surface area contributed by atoms with Crippen molar-refractivity contribution in [3.05, 3.63) is 106 Å². The van der Waals surface area contributed by atoms with Crippen molar-refractivity contribution < 1.29 is 83.6 Å². The molecule has 26 heteroatoms. The van der Waals surface area contributed by atoms with Crippen molar-refractivity contribution >= 4 is 47.5 Å². The molecule has 2 unspecified atom stereocenters. The molecule has 5 rings (SSSR count). The molecule has 0 radical (unpaired) electrons. The van der Waals surface area contributed by atoms with E-state index in [1.54, 1.807) is 55.4 Å². The molecule has 0 bridgehead atoms. The van der Waals surface area contributed by atoms with E-state index >= 15 is 9.59 Å². The number of benzene rings is 2. The van der Waals surface area contributed by atoms with Crippen molar-refractivity contribution in [2.75, 3.05) is 28.2 Å². The van der Waals surface area contributed by atoms with Crippen LogP contribution >= 0.6 is 0 Å². The summed E-state index contributed by atoms with van der Waals surface area (Å²) in [7, 11) is 5.14. The highest BCUT2D eigenvalue weighted by Gasteiger charge is 2.44. The number of aryl methyl sites for hydroxylation is 2. The van der Waals surface area contributed by atoms with Crippen LogP contribution in [0.25, 0.3) is 0 Å². The first-order valence-electron chi connectivity index (χ1n) is 31.0. The summed E-state index contributed by atoms with van der Waals surface area (Å²) in [4.78, 5) is 122. The molecule has 0 saturated carbocycles. The minimum atomic E-state index is -4.71. The summed E-state index contributed by atoms with van der Waals surface area (Å²) < 4.78 is 110. The Morgan fingerprint density at radius 2 is 0.663 bits per heavy atom. The minimum absolute atomic E-state index is 0.0450. The van der Waals surface area contributed by atoms with Gasteiger partial charge in [-0.3, -0.25) is 28.5 Å². The van der Waals surface area contributed by atoms with Crippen LogP contribution in [-0.4, -0.2) is 163 Å². The Balaban J connectivity index is 1.61. The lowest BCUT2D eigenvalue weighted by Crippen LogP contribution is -2.55. The molecule has 20 nitrogen and oxygen atoms in total. The van der Waals surface area contributed by atoms with Gasteiger partial charge in [0, 0.05) is 41.0 Å². The van der Waals surface area contributed by atoms with Crippen LogP contribution in [0.15, 0.2) is 60.7 Å². The average molecular weight is 1300 g/mol. The van der Waals surface area contributed by atoms with E-state index in [-0.39, 0.29) is 73.6 Å². The van der Waals surface area contributed by atoms with Gasteiger partial charge in [-0.25, -0.2) is 19.2 Å². The van der Waals surface area contributed by atoms with E-state index in [0.717, 1.165) is 41.1 Å². The van der Waals surface area contributed by atoms with E-state index in [1.165, 1.54) is 118 Å². The quantitative estimate of drug-likeness (QED) is 0.0579. The molecule has 1 saturated heterocycles. The van der Waals surface area contributed by atoms with Crippen molar-refractivity contribution in [3.8, 4) is 0 Å². The second kappa shape index (κ2) is 31.2. The Morgan fingerprint density at radius 1 is 0.413 bits per heavy atom. The number of halogens is 6. The van der Waals surface area contributed by atoms with Crippen molar-refractivity contribution in [1.29, 1.82) is 0 Å². The number of aromatic nitrogens is 4. The van der Waals surface area contributed by atoms with Crippen LogP contribution in [0.4, 0.5) is 26.3 Å². The number of carbonyl (C=O) groups excluding carboxylic acids is 8. The third kappa shape index (κ3) is 19.2. The maximum Gasteiger partial charge on any atom is 0.433 e. The summed E-state index contributed by atoms with van der Waals surface area (Å²) in [6, 6.07) is 6.61. The van der Waals surface area contributed by atoms with Crippen LogP contribution in [0.3, 0.4) is 0 Å². The number of carbonyl (C=O) groups is 8. The van der Waals surface area contributed by atoms with Crippen molar-refractivity contribution in [1.82, 2.24) is 39.2 Å². The monoisotopic (exact) mass is 1300 g/mol. The van der Waals surface area contributed by atoms with Crippen LogP contribution < -0.4 is 0 Å². The number of ether oxygens (including phenoxy) is 4. The van der Waals surface area contributed by atoms with Gasteiger partial charge in [0.2, 0.25) is 0 Å². The van der Waals surface area contributed by atoms with Gasteiger partial charge in [0.15, 0.2) is 24.4 Å². The lowest BCUT2D eigenvalue weighted by atomic mass is 9.99. The van der Waals surface area contributed by atoms with Gasteiger partial charge >= 0.3 is 36.2 Å². The molecule has 2 aromatic heterocycles. The predicted molar refractivity (Wildman–Crippen MR) is 327 cm³/mol. The van der Waals surface area contributed by atoms with Crippen LogP contribution in [0.5, 0.6) is 0 Å². The molecule has 1 fully saturated rings. The topological polar surface area (TPSA) is 222 Å². The first-order valence-corrected chi connectivity index (χ1v) is 31.0. The van der Waals surface area contributed by atoms with Crippen LogP contribution in [-0.2, 0) is 82.5 Å². The zero-order valence-electron chi connectivity index (χ0n) is 55.8. The fraction of sp³-hybridized carbons (Fsp3) is 0.606. The lowest BCUT2D eigenvalue weighted by Gasteiger charge is -2.35. The Kier molecular flexibility index (Phi) is 25.4. The maximum absolute atomic E-state index is 15.1. The number of cyclic esters (lactones) is 4. The molecule has 92 heavy (non-hydrogen) atoms. The molecule has 0 aliphatic carbocycles. The molecule has 4 amide bonds. The Labute approximate surface area is 534 Å². The number of amides is 4. The first-order chi connectivity index (χ1) is 42.6. The molecule has 0 spiro atoms. The SMILES string of the molecule is Cc1cc(C(F)(F)F)n(C(C)c2ccc(C[C@H]3OC(=O)[C@H](CC(C)C)N(C)C(=O)[C@@H](C)OC(=O)[C@H](CC(C)C)N(C)C(=O)[C@@H](Cc4ccc(C(C)n5nc(C)cc5C(F)(F)F)cc4)OC(=O)[C@H](CC(C)C)N(C)C(=O)[C@@H](C)OC(=O)[C@H](CC(C)C)N(C)C3=O)cc2)n1. The molecule has 1 aliphatic heterocycles. The number of alkyl halides is 6. The van der Waals surface area contributed by atoms with Crippen molar-refractivity contribution in [2.24, 2.45) is 23.7 Å². The van der Waals surface area contributed by atoms with Crippen LogP contribution in [0.2, 0.25) is 0 Å². The number of likely N-dealkylation sites (N-methyl/N-ethyl adjacent to an activating group) is 4. The Bertz CT molecular complexity index is 3010. The first kappa shape index (κ1) is 74.9. The normalized spacial score (nSPS) is 22.9. The highest BCUT2D eigenvalue weighted by atomic mass is 19.4. The van der Waals surface area contributed by atoms with Gasteiger partial charge in [0.05, 0.1) is 23.5 Å².